The van der Waals surface area contributed by atoms with Crippen LogP contribution in [0.4, 0.5) is 5.69 Å². The largest absolute Gasteiger partial charge is 0.392 e. The first kappa shape index (κ1) is 30.1. The van der Waals surface area contributed by atoms with Crippen LogP contribution in [0.5, 0.6) is 0 Å². The van der Waals surface area contributed by atoms with E-state index >= 15 is 0 Å². The molecule has 3 atom stereocenters. The number of rotatable bonds is 12. The topological polar surface area (TPSA) is 130 Å². The number of amides is 2. The maximum Gasteiger partial charge on any atom is 0.243 e. The van der Waals surface area contributed by atoms with Gasteiger partial charge in [0.05, 0.1) is 29.0 Å². The average molecular weight is 608 g/mol. The van der Waals surface area contributed by atoms with Crippen molar-refractivity contribution in [1.82, 2.24) is 10.5 Å². The predicted molar refractivity (Wildman–Crippen MR) is 162 cm³/mol. The quantitative estimate of drug-likeness (QED) is 0.0655. The first-order valence-corrected chi connectivity index (χ1v) is 15.6. The summed E-state index contributed by atoms with van der Waals surface area (Å²) in [6.45, 7) is -0.0112. The molecule has 1 aromatic heterocycles. The third kappa shape index (κ3) is 8.15. The predicted octanol–water partition coefficient (Wildman–Crippen LogP) is 6.13. The standard InChI is InChI=1S/C31H33N3O6S2/c35-18-20-9-11-21(12-10-20)26-17-24(19-41-31-33-25-5-1-2-6-27(25)42-31)39-30(40-26)22-13-15-23(16-14-22)32-28(36)7-3-4-8-29(37)34-38/h1-2,5-6,9-16,24,26,30,35,38H,3-4,7-8,17-19H2,(H,32,36)(H,34,37). The van der Waals surface area contributed by atoms with Gasteiger partial charge in [-0.15, -0.1) is 11.3 Å². The summed E-state index contributed by atoms with van der Waals surface area (Å²) in [4.78, 5) is 28.2. The van der Waals surface area contributed by atoms with E-state index in [4.69, 9.17) is 19.7 Å². The van der Waals surface area contributed by atoms with Crippen LogP contribution in [0.2, 0.25) is 0 Å². The van der Waals surface area contributed by atoms with Crippen molar-refractivity contribution in [3.05, 3.63) is 89.5 Å². The van der Waals surface area contributed by atoms with E-state index in [1.807, 2.05) is 66.7 Å². The number of thiazole rings is 1. The van der Waals surface area contributed by atoms with Crippen LogP contribution in [-0.2, 0) is 25.7 Å². The highest BCUT2D eigenvalue weighted by molar-refractivity contribution is 8.01. The van der Waals surface area contributed by atoms with Crippen LogP contribution < -0.4 is 10.8 Å². The SMILES string of the molecule is O=C(CCCCC(=O)Nc1ccc(C2OC(CSc3nc4ccccc4s3)CC(c3ccc(CO)cc3)O2)cc1)NO. The number of thioether (sulfide) groups is 1. The van der Waals surface area contributed by atoms with Gasteiger partial charge < -0.3 is 19.9 Å². The number of benzene rings is 3. The Labute approximate surface area is 252 Å². The number of anilines is 1. The molecule has 2 amide bonds. The number of carbonyl (C=O) groups is 2. The van der Waals surface area contributed by atoms with Crippen LogP contribution in [0.3, 0.4) is 0 Å². The highest BCUT2D eigenvalue weighted by Gasteiger charge is 2.32. The van der Waals surface area contributed by atoms with Gasteiger partial charge in [0.2, 0.25) is 11.8 Å². The summed E-state index contributed by atoms with van der Waals surface area (Å²) in [7, 11) is 0. The van der Waals surface area contributed by atoms with E-state index in [2.05, 4.69) is 11.4 Å². The van der Waals surface area contributed by atoms with Gasteiger partial charge in [-0.2, -0.15) is 0 Å². The molecule has 4 N–H and O–H groups in total. The van der Waals surface area contributed by atoms with Crippen molar-refractivity contribution in [2.24, 2.45) is 0 Å². The zero-order chi connectivity index (χ0) is 29.3. The first-order chi connectivity index (χ1) is 20.5. The van der Waals surface area contributed by atoms with Crippen LogP contribution in [-0.4, -0.2) is 39.0 Å². The third-order valence-corrected chi connectivity index (χ3v) is 9.24. The van der Waals surface area contributed by atoms with Gasteiger partial charge in [-0.3, -0.25) is 14.8 Å². The lowest BCUT2D eigenvalue weighted by atomic mass is 10.0. The number of hydrogen-bond acceptors (Lipinski definition) is 9. The molecule has 4 aromatic rings. The summed E-state index contributed by atoms with van der Waals surface area (Å²) in [6, 6.07) is 23.3. The Morgan fingerprint density at radius 3 is 2.36 bits per heavy atom. The van der Waals surface area contributed by atoms with Crippen LogP contribution >= 0.6 is 23.1 Å². The molecule has 1 aliphatic rings. The van der Waals surface area contributed by atoms with Gasteiger partial charge >= 0.3 is 0 Å². The van der Waals surface area contributed by atoms with Gasteiger partial charge in [-0.25, -0.2) is 10.5 Å². The molecular weight excluding hydrogens is 574 g/mol. The van der Waals surface area contributed by atoms with E-state index in [0.717, 1.165) is 37.0 Å². The van der Waals surface area contributed by atoms with E-state index in [-0.39, 0.29) is 37.6 Å². The molecule has 5 rings (SSSR count). The summed E-state index contributed by atoms with van der Waals surface area (Å²) in [5, 5.41) is 20.9. The Morgan fingerprint density at radius 1 is 0.929 bits per heavy atom. The maximum absolute atomic E-state index is 12.3. The molecule has 1 saturated heterocycles. The highest BCUT2D eigenvalue weighted by atomic mass is 32.2. The lowest BCUT2D eigenvalue weighted by Crippen LogP contribution is -2.31. The molecule has 11 heteroatoms. The Balaban J connectivity index is 1.23. The number of fused-ring (bicyclic) bond motifs is 1. The minimum Gasteiger partial charge on any atom is -0.392 e. The Hall–Kier alpha value is -3.32. The minimum atomic E-state index is -0.593. The fraction of sp³-hybridized carbons (Fsp3) is 0.323. The first-order valence-electron chi connectivity index (χ1n) is 13.8. The molecular formula is C31H33N3O6S2. The minimum absolute atomic E-state index is 0.0112. The van der Waals surface area contributed by atoms with Gasteiger partial charge in [0.1, 0.15) is 0 Å². The van der Waals surface area contributed by atoms with Gasteiger partial charge in [-0.1, -0.05) is 60.3 Å². The molecule has 0 saturated carbocycles. The maximum atomic E-state index is 12.3. The van der Waals surface area contributed by atoms with Gasteiger partial charge in [0, 0.05) is 36.3 Å². The summed E-state index contributed by atoms with van der Waals surface area (Å²) < 4.78 is 15.0. The lowest BCUT2D eigenvalue weighted by Gasteiger charge is -2.36. The van der Waals surface area contributed by atoms with Crippen molar-refractivity contribution >= 4 is 50.8 Å². The molecule has 2 heterocycles. The van der Waals surface area contributed by atoms with Crippen molar-refractivity contribution in [3.63, 3.8) is 0 Å². The molecule has 0 radical (unpaired) electrons. The summed E-state index contributed by atoms with van der Waals surface area (Å²) >= 11 is 3.36. The highest BCUT2D eigenvalue weighted by Crippen LogP contribution is 2.40. The second kappa shape index (κ2) is 14.7. The second-order valence-corrected chi connectivity index (χ2v) is 12.3. The summed E-state index contributed by atoms with van der Waals surface area (Å²) in [5.74, 6) is 0.120. The fourth-order valence-electron chi connectivity index (χ4n) is 4.67. The van der Waals surface area contributed by atoms with Gasteiger partial charge in [0.25, 0.3) is 0 Å². The molecule has 9 nitrogen and oxygen atoms in total. The number of para-hydroxylation sites is 1. The van der Waals surface area contributed by atoms with Crippen molar-refractivity contribution in [2.75, 3.05) is 11.1 Å². The van der Waals surface area contributed by atoms with E-state index in [0.29, 0.717) is 24.9 Å². The number of nitrogens with one attached hydrogen (secondary N) is 2. The molecule has 0 spiro atoms. The van der Waals surface area contributed by atoms with E-state index in [1.165, 1.54) is 0 Å². The van der Waals surface area contributed by atoms with E-state index in [1.54, 1.807) is 28.6 Å². The molecule has 1 aliphatic heterocycles. The number of aliphatic hydroxyl groups excluding tert-OH is 1. The number of hydrogen-bond donors (Lipinski definition) is 4. The zero-order valence-corrected chi connectivity index (χ0v) is 24.5. The number of aromatic nitrogens is 1. The van der Waals surface area contributed by atoms with Crippen molar-refractivity contribution < 1.29 is 29.4 Å². The van der Waals surface area contributed by atoms with Crippen molar-refractivity contribution in [1.29, 1.82) is 0 Å². The van der Waals surface area contributed by atoms with Crippen molar-refractivity contribution in [3.8, 4) is 0 Å². The Bertz CT molecular complexity index is 1450. The molecule has 3 aromatic carbocycles. The Kier molecular flexibility index (Phi) is 10.6. The monoisotopic (exact) mass is 607 g/mol. The molecule has 0 bridgehead atoms. The summed E-state index contributed by atoms with van der Waals surface area (Å²) in [6.07, 6.45) is 1.31. The number of hydroxylamine groups is 1. The van der Waals surface area contributed by atoms with Gasteiger partial charge in [0.15, 0.2) is 10.6 Å². The lowest BCUT2D eigenvalue weighted by molar-refractivity contribution is -0.245. The van der Waals surface area contributed by atoms with E-state index < -0.39 is 12.2 Å². The van der Waals surface area contributed by atoms with Crippen LogP contribution in [0.1, 0.15) is 61.2 Å². The number of carbonyl (C=O) groups excluding carboxylic acids is 2. The number of nitrogens with zero attached hydrogens (tertiary/aromatic N) is 1. The molecule has 0 aliphatic carbocycles. The van der Waals surface area contributed by atoms with Crippen LogP contribution in [0.25, 0.3) is 10.2 Å². The smallest absolute Gasteiger partial charge is 0.243 e. The number of ether oxygens (including phenoxy) is 2. The zero-order valence-electron chi connectivity index (χ0n) is 22.9. The number of unbranched alkanes of at least 4 members (excludes halogenated alkanes) is 1. The third-order valence-electron chi connectivity index (χ3n) is 6.93. The molecule has 220 valence electrons. The average Bonchev–Trinajstić information content (AvgIpc) is 3.45. The molecule has 3 unspecified atom stereocenters. The number of aliphatic hydroxyl groups is 1. The molecule has 1 fully saturated rings. The normalized spacial score (nSPS) is 18.6. The van der Waals surface area contributed by atoms with E-state index in [9.17, 15) is 14.7 Å². The second-order valence-electron chi connectivity index (χ2n) is 10.0. The fourth-order valence-corrected chi connectivity index (χ4v) is 6.79. The van der Waals surface area contributed by atoms with Crippen molar-refractivity contribution in [2.45, 2.75) is 61.5 Å². The Morgan fingerprint density at radius 2 is 1.64 bits per heavy atom. The summed E-state index contributed by atoms with van der Waals surface area (Å²) in [5.41, 5.74) is 5.96. The van der Waals surface area contributed by atoms with Gasteiger partial charge in [-0.05, 0) is 48.2 Å². The van der Waals surface area contributed by atoms with Crippen LogP contribution in [0, 0.1) is 0 Å². The molecule has 42 heavy (non-hydrogen) atoms. The van der Waals surface area contributed by atoms with Crippen LogP contribution in [0.15, 0.2) is 77.1 Å².